The molecule has 19 heavy (non-hydrogen) atoms. The fourth-order valence-electron chi connectivity index (χ4n) is 1.77. The van der Waals surface area contributed by atoms with E-state index in [2.05, 4.69) is 31.9 Å². The predicted molar refractivity (Wildman–Crippen MR) is 80.7 cm³/mol. The second-order valence-electron chi connectivity index (χ2n) is 4.25. The minimum Gasteiger partial charge on any atom is -0.299 e. The Balaban J connectivity index is 2.03. The summed E-state index contributed by atoms with van der Waals surface area (Å²) in [5.41, 5.74) is 1.79. The van der Waals surface area contributed by atoms with Gasteiger partial charge in [-0.1, -0.05) is 50.1 Å². The van der Waals surface area contributed by atoms with Crippen molar-refractivity contribution >= 4 is 37.6 Å². The third-order valence-corrected chi connectivity index (χ3v) is 3.98. The zero-order valence-electron chi connectivity index (χ0n) is 10.00. The molecule has 4 heteroatoms. The summed E-state index contributed by atoms with van der Waals surface area (Å²) in [7, 11) is 0. The van der Waals surface area contributed by atoms with Gasteiger partial charge >= 0.3 is 0 Å². The Kier molecular flexibility index (Phi) is 4.88. The van der Waals surface area contributed by atoms with E-state index in [4.69, 9.17) is 0 Å². The van der Waals surface area contributed by atoms with E-state index >= 15 is 0 Å². The molecule has 0 N–H and O–H groups in total. The van der Waals surface area contributed by atoms with Crippen molar-refractivity contribution < 1.29 is 9.18 Å². The zero-order chi connectivity index (χ0) is 13.8. The van der Waals surface area contributed by atoms with Gasteiger partial charge in [0.2, 0.25) is 0 Å². The van der Waals surface area contributed by atoms with Crippen molar-refractivity contribution in [1.29, 1.82) is 0 Å². The third-order valence-electron chi connectivity index (χ3n) is 2.72. The fraction of sp³-hybridized carbons (Fsp3) is 0.133. The molecule has 2 aromatic carbocycles. The van der Waals surface area contributed by atoms with Gasteiger partial charge in [0.25, 0.3) is 0 Å². The Labute approximate surface area is 128 Å². The molecule has 0 bridgehead atoms. The second-order valence-corrected chi connectivity index (χ2v) is 6.02. The molecule has 0 aromatic heterocycles. The summed E-state index contributed by atoms with van der Waals surface area (Å²) < 4.78 is 14.6. The molecule has 0 saturated heterocycles. The molecule has 2 rings (SSSR count). The number of rotatable bonds is 4. The fourth-order valence-corrected chi connectivity index (χ4v) is 2.53. The van der Waals surface area contributed by atoms with Crippen molar-refractivity contribution in [3.8, 4) is 0 Å². The Morgan fingerprint density at radius 1 is 1.00 bits per heavy atom. The maximum absolute atomic E-state index is 13.0. The van der Waals surface area contributed by atoms with Crippen LogP contribution >= 0.6 is 31.9 Å². The van der Waals surface area contributed by atoms with E-state index in [0.29, 0.717) is 17.3 Å². The Hall–Kier alpha value is -1.00. The van der Waals surface area contributed by atoms with Crippen molar-refractivity contribution in [1.82, 2.24) is 0 Å². The molecule has 0 aliphatic heterocycles. The molecule has 2 aromatic rings. The van der Waals surface area contributed by atoms with Crippen LogP contribution in [0.15, 0.2) is 51.4 Å². The van der Waals surface area contributed by atoms with Gasteiger partial charge in [-0.2, -0.15) is 0 Å². The van der Waals surface area contributed by atoms with Gasteiger partial charge in [0.15, 0.2) is 0 Å². The molecule has 0 atom stereocenters. The van der Waals surface area contributed by atoms with E-state index < -0.39 is 0 Å². The highest BCUT2D eigenvalue weighted by molar-refractivity contribution is 9.10. The summed E-state index contributed by atoms with van der Waals surface area (Å²) in [5, 5.41) is 0. The van der Waals surface area contributed by atoms with Gasteiger partial charge in [0.1, 0.15) is 11.6 Å². The van der Waals surface area contributed by atoms with Gasteiger partial charge in [-0.25, -0.2) is 4.39 Å². The third kappa shape index (κ3) is 4.25. The lowest BCUT2D eigenvalue weighted by atomic mass is 10.0. The van der Waals surface area contributed by atoms with Crippen LogP contribution in [0.5, 0.6) is 0 Å². The van der Waals surface area contributed by atoms with Crippen LogP contribution in [-0.4, -0.2) is 5.78 Å². The molecule has 0 fully saturated rings. The van der Waals surface area contributed by atoms with Gasteiger partial charge in [-0.15, -0.1) is 0 Å². The number of carbonyl (C=O) groups is 1. The highest BCUT2D eigenvalue weighted by Crippen LogP contribution is 2.19. The van der Waals surface area contributed by atoms with E-state index in [1.54, 1.807) is 6.07 Å². The molecular weight excluding hydrogens is 375 g/mol. The maximum Gasteiger partial charge on any atom is 0.141 e. The number of ketones is 1. The molecular formula is C15H11Br2FO. The molecule has 0 unspecified atom stereocenters. The van der Waals surface area contributed by atoms with Crippen LogP contribution < -0.4 is 0 Å². The number of benzene rings is 2. The average molecular weight is 386 g/mol. The highest BCUT2D eigenvalue weighted by atomic mass is 79.9. The first-order valence-electron chi connectivity index (χ1n) is 5.74. The Bertz CT molecular complexity index is 594. The quantitative estimate of drug-likeness (QED) is 0.745. The normalized spacial score (nSPS) is 10.5. The summed E-state index contributed by atoms with van der Waals surface area (Å²) in [6.07, 6.45) is 0.689. The zero-order valence-corrected chi connectivity index (χ0v) is 13.2. The molecule has 1 nitrogen and oxygen atoms in total. The van der Waals surface area contributed by atoms with Gasteiger partial charge < -0.3 is 0 Å². The minimum absolute atomic E-state index is 0.106. The van der Waals surface area contributed by atoms with Crippen molar-refractivity contribution in [3.63, 3.8) is 0 Å². The van der Waals surface area contributed by atoms with Crippen molar-refractivity contribution in [3.05, 3.63) is 68.4 Å². The van der Waals surface area contributed by atoms with Crippen molar-refractivity contribution in [2.24, 2.45) is 0 Å². The first-order valence-corrected chi connectivity index (χ1v) is 7.33. The number of hydrogen-bond acceptors (Lipinski definition) is 1. The van der Waals surface area contributed by atoms with Crippen LogP contribution in [0.1, 0.15) is 11.1 Å². The van der Waals surface area contributed by atoms with Crippen molar-refractivity contribution in [2.45, 2.75) is 12.8 Å². The number of halogens is 3. The van der Waals surface area contributed by atoms with Gasteiger partial charge in [-0.05, 0) is 35.4 Å². The summed E-state index contributed by atoms with van der Waals surface area (Å²) in [5.74, 6) is -0.203. The van der Waals surface area contributed by atoms with E-state index in [0.717, 1.165) is 15.6 Å². The lowest BCUT2D eigenvalue weighted by Gasteiger charge is -2.05. The summed E-state index contributed by atoms with van der Waals surface area (Å²) >= 11 is 6.63. The van der Waals surface area contributed by atoms with E-state index in [1.807, 2.05) is 24.3 Å². The summed E-state index contributed by atoms with van der Waals surface area (Å²) in [6, 6.07) is 12.0. The van der Waals surface area contributed by atoms with Crippen molar-refractivity contribution in [2.75, 3.05) is 0 Å². The monoisotopic (exact) mass is 384 g/mol. The average Bonchev–Trinajstić information content (AvgIpc) is 2.36. The first-order chi connectivity index (χ1) is 9.04. The lowest BCUT2D eigenvalue weighted by molar-refractivity contribution is -0.117. The molecule has 0 spiro atoms. The molecule has 98 valence electrons. The topological polar surface area (TPSA) is 17.1 Å². The predicted octanol–water partition coefficient (Wildman–Crippen LogP) is 4.71. The van der Waals surface area contributed by atoms with Crippen LogP contribution in [0, 0.1) is 5.82 Å². The smallest absolute Gasteiger partial charge is 0.141 e. The molecule has 0 aliphatic rings. The van der Waals surface area contributed by atoms with Crippen LogP contribution in [0.25, 0.3) is 0 Å². The van der Waals surface area contributed by atoms with E-state index in [-0.39, 0.29) is 11.6 Å². The summed E-state index contributed by atoms with van der Waals surface area (Å²) in [6.45, 7) is 0. The van der Waals surface area contributed by atoms with Crippen LogP contribution in [0.2, 0.25) is 0 Å². The first kappa shape index (κ1) is 14.4. The maximum atomic E-state index is 13.0. The molecule has 0 heterocycles. The van der Waals surface area contributed by atoms with Gasteiger partial charge in [0, 0.05) is 21.8 Å². The summed E-state index contributed by atoms with van der Waals surface area (Å²) in [4.78, 5) is 12.0. The van der Waals surface area contributed by atoms with E-state index in [9.17, 15) is 9.18 Å². The van der Waals surface area contributed by atoms with Crippen LogP contribution in [0.4, 0.5) is 4.39 Å². The SMILES string of the molecule is O=C(Cc1ccc(Br)cc1)Cc1ccc(F)cc1Br. The standard InChI is InChI=1S/C15H11Br2FO/c16-12-4-1-10(2-5-12)7-14(19)8-11-3-6-13(18)9-15(11)17/h1-6,9H,7-8H2. The number of hydrogen-bond donors (Lipinski definition) is 0. The Morgan fingerprint density at radius 2 is 1.68 bits per heavy atom. The largest absolute Gasteiger partial charge is 0.299 e. The molecule has 0 amide bonds. The van der Waals surface area contributed by atoms with Crippen LogP contribution in [0.3, 0.4) is 0 Å². The lowest BCUT2D eigenvalue weighted by Crippen LogP contribution is -2.07. The molecule has 0 saturated carbocycles. The number of Topliss-reactive ketones (excluding diaryl/α,β-unsaturated/α-hetero) is 1. The molecule has 0 aliphatic carbocycles. The van der Waals surface area contributed by atoms with E-state index in [1.165, 1.54) is 12.1 Å². The van der Waals surface area contributed by atoms with Gasteiger partial charge in [-0.3, -0.25) is 4.79 Å². The van der Waals surface area contributed by atoms with Gasteiger partial charge in [0.05, 0.1) is 0 Å². The second kappa shape index (κ2) is 6.44. The molecule has 0 radical (unpaired) electrons. The Morgan fingerprint density at radius 3 is 2.32 bits per heavy atom. The van der Waals surface area contributed by atoms with Crippen LogP contribution in [-0.2, 0) is 17.6 Å². The highest BCUT2D eigenvalue weighted by Gasteiger charge is 2.08. The minimum atomic E-state index is -0.309. The number of carbonyl (C=O) groups excluding carboxylic acids is 1.